The van der Waals surface area contributed by atoms with Crippen molar-refractivity contribution in [2.24, 2.45) is 0 Å². The topological polar surface area (TPSA) is 62.3 Å². The van der Waals surface area contributed by atoms with Gasteiger partial charge >= 0.3 is 0 Å². The van der Waals surface area contributed by atoms with Gasteiger partial charge in [-0.25, -0.2) is 0 Å². The van der Waals surface area contributed by atoms with Crippen molar-refractivity contribution >= 4 is 35.0 Å². The molecule has 7 heteroatoms. The number of nitrogens with one attached hydrogen (secondary N) is 1. The summed E-state index contributed by atoms with van der Waals surface area (Å²) in [6.07, 6.45) is 4.57. The average Bonchev–Trinajstić information content (AvgIpc) is 2.62. The van der Waals surface area contributed by atoms with Crippen molar-refractivity contribution in [3.63, 3.8) is 0 Å². The highest BCUT2D eigenvalue weighted by Crippen LogP contribution is 2.21. The molecule has 0 spiro atoms. The summed E-state index contributed by atoms with van der Waals surface area (Å²) in [6.45, 7) is 0.963. The summed E-state index contributed by atoms with van der Waals surface area (Å²) in [5.74, 6) is -0.503. The zero-order valence-corrected chi connectivity index (χ0v) is 16.1. The Hall–Kier alpha value is -2.11. The van der Waals surface area contributed by atoms with Gasteiger partial charge in [-0.1, -0.05) is 29.3 Å². The minimum absolute atomic E-state index is 0.165. The molecule has 26 heavy (non-hydrogen) atoms. The van der Waals surface area contributed by atoms with Gasteiger partial charge in [0.2, 0.25) is 11.8 Å². The number of likely N-dealkylation sites (N-methyl/N-ethyl adjacent to an activating group) is 1. The summed E-state index contributed by atoms with van der Waals surface area (Å²) in [5.41, 5.74) is 2.00. The predicted molar refractivity (Wildman–Crippen MR) is 103 cm³/mol. The molecule has 0 aliphatic heterocycles. The summed E-state index contributed by atoms with van der Waals surface area (Å²) < 4.78 is 0. The van der Waals surface area contributed by atoms with E-state index in [9.17, 15) is 9.59 Å². The molecule has 0 aliphatic carbocycles. The second-order valence-corrected chi connectivity index (χ2v) is 6.78. The lowest BCUT2D eigenvalue weighted by Gasteiger charge is -2.17. The first kappa shape index (κ1) is 20.2. The van der Waals surface area contributed by atoms with Crippen LogP contribution in [0.4, 0.5) is 0 Å². The first-order valence-electron chi connectivity index (χ1n) is 8.29. The van der Waals surface area contributed by atoms with E-state index < -0.39 is 0 Å². The van der Waals surface area contributed by atoms with Gasteiger partial charge < -0.3 is 10.2 Å². The summed E-state index contributed by atoms with van der Waals surface area (Å²) in [6, 6.07) is 9.07. The SMILES string of the molecule is CN(CCc1ccncc1)C(=O)CC(=O)NCCc1ccc(Cl)cc1Cl. The molecule has 0 saturated carbocycles. The van der Waals surface area contributed by atoms with Crippen LogP contribution in [0.5, 0.6) is 0 Å². The van der Waals surface area contributed by atoms with E-state index >= 15 is 0 Å². The van der Waals surface area contributed by atoms with Gasteiger partial charge in [-0.15, -0.1) is 0 Å². The number of halogens is 2. The van der Waals surface area contributed by atoms with Crippen LogP contribution in [0.1, 0.15) is 17.5 Å². The van der Waals surface area contributed by atoms with Gasteiger partial charge in [0.05, 0.1) is 0 Å². The van der Waals surface area contributed by atoms with Crippen LogP contribution in [0.15, 0.2) is 42.7 Å². The third kappa shape index (κ3) is 6.65. The molecule has 0 aliphatic rings. The fraction of sp³-hybridized carbons (Fsp3) is 0.316. The quantitative estimate of drug-likeness (QED) is 0.700. The number of benzene rings is 1. The van der Waals surface area contributed by atoms with Crippen LogP contribution in [0.25, 0.3) is 0 Å². The van der Waals surface area contributed by atoms with Crippen LogP contribution in [-0.4, -0.2) is 41.8 Å². The van der Waals surface area contributed by atoms with E-state index in [4.69, 9.17) is 23.2 Å². The lowest BCUT2D eigenvalue weighted by Crippen LogP contribution is -2.35. The largest absolute Gasteiger partial charge is 0.355 e. The highest BCUT2D eigenvalue weighted by Gasteiger charge is 2.13. The number of hydrogen-bond acceptors (Lipinski definition) is 3. The molecule has 1 N–H and O–H groups in total. The van der Waals surface area contributed by atoms with Gasteiger partial charge in [0, 0.05) is 42.6 Å². The minimum atomic E-state index is -0.296. The van der Waals surface area contributed by atoms with Crippen molar-refractivity contribution in [3.8, 4) is 0 Å². The van der Waals surface area contributed by atoms with Crippen molar-refractivity contribution in [2.45, 2.75) is 19.3 Å². The predicted octanol–water partition coefficient (Wildman–Crippen LogP) is 3.14. The molecule has 0 fully saturated rings. The number of hydrogen-bond donors (Lipinski definition) is 1. The third-order valence-electron chi connectivity index (χ3n) is 3.95. The molecule has 0 saturated heterocycles. The van der Waals surface area contributed by atoms with Gasteiger partial charge in [-0.2, -0.15) is 0 Å². The Balaban J connectivity index is 1.70. The number of aromatic nitrogens is 1. The molecule has 138 valence electrons. The van der Waals surface area contributed by atoms with E-state index in [0.717, 1.165) is 17.5 Å². The molecule has 5 nitrogen and oxygen atoms in total. The molecular formula is C19H21Cl2N3O2. The monoisotopic (exact) mass is 393 g/mol. The van der Waals surface area contributed by atoms with E-state index in [2.05, 4.69) is 10.3 Å². The van der Waals surface area contributed by atoms with E-state index in [-0.39, 0.29) is 18.2 Å². The summed E-state index contributed by atoms with van der Waals surface area (Å²) in [4.78, 5) is 29.6. The zero-order valence-electron chi connectivity index (χ0n) is 14.5. The standard InChI is InChI=1S/C19H21Cl2N3O2/c1-24(11-7-14-4-8-22-9-5-14)19(26)13-18(25)23-10-6-15-2-3-16(20)12-17(15)21/h2-5,8-9,12H,6-7,10-11,13H2,1H3,(H,23,25). The second kappa shape index (κ2) is 10.1. The van der Waals surface area contributed by atoms with Gasteiger partial charge in [0.15, 0.2) is 0 Å². The number of carbonyl (C=O) groups excluding carboxylic acids is 2. The van der Waals surface area contributed by atoms with E-state index in [1.165, 1.54) is 0 Å². The Morgan fingerprint density at radius 3 is 2.54 bits per heavy atom. The van der Waals surface area contributed by atoms with Crippen molar-refractivity contribution < 1.29 is 9.59 Å². The van der Waals surface area contributed by atoms with Gasteiger partial charge in [-0.05, 0) is 48.2 Å². The number of nitrogens with zero attached hydrogens (tertiary/aromatic N) is 2. The second-order valence-electron chi connectivity index (χ2n) is 5.93. The lowest BCUT2D eigenvalue weighted by atomic mass is 10.1. The number of amides is 2. The van der Waals surface area contributed by atoms with Crippen LogP contribution in [0, 0.1) is 0 Å². The number of carbonyl (C=O) groups is 2. The Bertz CT molecular complexity index is 754. The molecule has 0 bridgehead atoms. The van der Waals surface area contributed by atoms with Crippen molar-refractivity contribution in [1.82, 2.24) is 15.2 Å². The van der Waals surface area contributed by atoms with E-state index in [0.29, 0.717) is 29.6 Å². The molecule has 0 unspecified atom stereocenters. The highest BCUT2D eigenvalue weighted by atomic mass is 35.5. The number of pyridine rings is 1. The normalized spacial score (nSPS) is 10.4. The highest BCUT2D eigenvalue weighted by molar-refractivity contribution is 6.35. The van der Waals surface area contributed by atoms with E-state index in [1.54, 1.807) is 36.5 Å². The molecular weight excluding hydrogens is 373 g/mol. The average molecular weight is 394 g/mol. The van der Waals surface area contributed by atoms with Crippen LogP contribution < -0.4 is 5.32 Å². The molecule has 2 amide bonds. The minimum Gasteiger partial charge on any atom is -0.355 e. The fourth-order valence-corrected chi connectivity index (χ4v) is 2.87. The molecule has 1 aromatic carbocycles. The van der Waals surface area contributed by atoms with Crippen molar-refractivity contribution in [1.29, 1.82) is 0 Å². The summed E-state index contributed by atoms with van der Waals surface area (Å²) in [7, 11) is 1.70. The first-order chi connectivity index (χ1) is 12.5. The molecule has 1 aromatic heterocycles. The summed E-state index contributed by atoms with van der Waals surface area (Å²) in [5, 5.41) is 3.89. The third-order valence-corrected chi connectivity index (χ3v) is 4.54. The Kier molecular flexibility index (Phi) is 7.88. The summed E-state index contributed by atoms with van der Waals surface area (Å²) >= 11 is 11.9. The fourth-order valence-electron chi connectivity index (χ4n) is 2.37. The Morgan fingerprint density at radius 1 is 1.12 bits per heavy atom. The molecule has 0 atom stereocenters. The maximum Gasteiger partial charge on any atom is 0.231 e. The molecule has 2 aromatic rings. The van der Waals surface area contributed by atoms with Crippen molar-refractivity contribution in [2.75, 3.05) is 20.1 Å². The maximum absolute atomic E-state index is 12.1. The molecule has 2 rings (SSSR count). The van der Waals surface area contributed by atoms with Crippen LogP contribution >= 0.6 is 23.2 Å². The van der Waals surface area contributed by atoms with Crippen molar-refractivity contribution in [3.05, 3.63) is 63.9 Å². The van der Waals surface area contributed by atoms with Gasteiger partial charge in [-0.3, -0.25) is 14.6 Å². The number of rotatable bonds is 8. The van der Waals surface area contributed by atoms with Crippen LogP contribution in [0.2, 0.25) is 10.0 Å². The zero-order chi connectivity index (χ0) is 18.9. The van der Waals surface area contributed by atoms with Crippen LogP contribution in [0.3, 0.4) is 0 Å². The molecule has 1 heterocycles. The molecule has 0 radical (unpaired) electrons. The Labute approximate surface area is 163 Å². The van der Waals surface area contributed by atoms with Gasteiger partial charge in [0.1, 0.15) is 6.42 Å². The van der Waals surface area contributed by atoms with Gasteiger partial charge in [0.25, 0.3) is 0 Å². The lowest BCUT2D eigenvalue weighted by molar-refractivity contribution is -0.135. The first-order valence-corrected chi connectivity index (χ1v) is 9.05. The van der Waals surface area contributed by atoms with Crippen LogP contribution in [-0.2, 0) is 22.4 Å². The van der Waals surface area contributed by atoms with E-state index in [1.807, 2.05) is 18.2 Å². The smallest absolute Gasteiger partial charge is 0.231 e. The Morgan fingerprint density at radius 2 is 1.85 bits per heavy atom. The maximum atomic E-state index is 12.1.